The maximum Gasteiger partial charge on any atom is 0.253 e. The lowest BCUT2D eigenvalue weighted by molar-refractivity contribution is 0.0698. The quantitative estimate of drug-likeness (QED) is 0.384. The van der Waals surface area contributed by atoms with Crippen LogP contribution in [-0.4, -0.2) is 59.3 Å². The molecule has 1 aliphatic heterocycles. The summed E-state index contributed by atoms with van der Waals surface area (Å²) in [5, 5.41) is 7.72. The van der Waals surface area contributed by atoms with Crippen LogP contribution >= 0.6 is 27.5 Å². The summed E-state index contributed by atoms with van der Waals surface area (Å²) in [4.78, 5) is 14.9. The minimum Gasteiger partial charge on any atom is -0.336 e. The smallest absolute Gasteiger partial charge is 0.253 e. The van der Waals surface area contributed by atoms with Gasteiger partial charge in [0, 0.05) is 47.2 Å². The van der Waals surface area contributed by atoms with E-state index in [4.69, 9.17) is 0 Å². The molecule has 4 aromatic rings. The van der Waals surface area contributed by atoms with Gasteiger partial charge in [0.15, 0.2) is 0 Å². The normalized spacial score (nSPS) is 15.1. The topological polar surface area (TPSA) is 83.5 Å². The lowest BCUT2D eigenvalue weighted by Crippen LogP contribution is -2.50. The van der Waals surface area contributed by atoms with Crippen molar-refractivity contribution in [2.45, 2.75) is 4.90 Å². The van der Waals surface area contributed by atoms with E-state index in [-0.39, 0.29) is 23.9 Å². The molecule has 1 aliphatic rings. The molecule has 2 heterocycles. The van der Waals surface area contributed by atoms with Crippen LogP contribution in [0.5, 0.6) is 0 Å². The van der Waals surface area contributed by atoms with Gasteiger partial charge in [-0.15, -0.1) is 5.10 Å². The SMILES string of the molecule is O=C(c1ccc(-c2csnn2)cc1)N1CCN(S(=O)(=O)c2ccc3cc(Br)ccc3c2)CC1. The largest absolute Gasteiger partial charge is 0.336 e. The number of sulfonamides is 1. The van der Waals surface area contributed by atoms with Gasteiger partial charge in [-0.05, 0) is 58.7 Å². The summed E-state index contributed by atoms with van der Waals surface area (Å²) in [5.41, 5.74) is 2.25. The molecule has 5 rings (SSSR count). The second-order valence-electron chi connectivity index (χ2n) is 7.72. The van der Waals surface area contributed by atoms with Crippen LogP contribution in [0.1, 0.15) is 10.4 Å². The number of aromatic nitrogens is 2. The van der Waals surface area contributed by atoms with Crippen LogP contribution in [0.25, 0.3) is 22.0 Å². The van der Waals surface area contributed by atoms with Crippen LogP contribution in [-0.2, 0) is 10.0 Å². The highest BCUT2D eigenvalue weighted by Gasteiger charge is 2.30. The van der Waals surface area contributed by atoms with Crippen molar-refractivity contribution in [3.63, 3.8) is 0 Å². The molecule has 0 spiro atoms. The van der Waals surface area contributed by atoms with Gasteiger partial charge in [-0.3, -0.25) is 4.79 Å². The number of hydrogen-bond donors (Lipinski definition) is 0. The summed E-state index contributed by atoms with van der Waals surface area (Å²) < 4.78 is 32.7. The predicted octanol–water partition coefficient (Wildman–Crippen LogP) is 4.27. The number of piperazine rings is 1. The Bertz CT molecular complexity index is 1420. The third-order valence-corrected chi connectivity index (χ3v) is 8.62. The molecule has 0 aliphatic carbocycles. The molecule has 7 nitrogen and oxygen atoms in total. The fourth-order valence-electron chi connectivity index (χ4n) is 3.89. The van der Waals surface area contributed by atoms with Crippen molar-refractivity contribution in [3.05, 3.63) is 76.1 Å². The number of fused-ring (bicyclic) bond motifs is 1. The van der Waals surface area contributed by atoms with Gasteiger partial charge in [-0.25, -0.2) is 8.42 Å². The van der Waals surface area contributed by atoms with Crippen LogP contribution in [0.3, 0.4) is 0 Å². The standard InChI is InChI=1S/C23H19BrN4O3S2/c24-20-7-5-19-14-21(8-6-18(19)13-20)33(30,31)28-11-9-27(10-12-28)23(29)17-3-1-16(2-4-17)22-15-32-26-25-22/h1-8,13-15H,9-12H2. The average Bonchev–Trinajstić information content (AvgIpc) is 3.38. The summed E-state index contributed by atoms with van der Waals surface area (Å²) in [7, 11) is -3.64. The molecule has 10 heteroatoms. The van der Waals surface area contributed by atoms with Crippen molar-refractivity contribution in [1.82, 2.24) is 18.8 Å². The zero-order valence-corrected chi connectivity index (χ0v) is 20.6. The minimum absolute atomic E-state index is 0.105. The Labute approximate surface area is 204 Å². The van der Waals surface area contributed by atoms with E-state index in [1.165, 1.54) is 15.8 Å². The van der Waals surface area contributed by atoms with Gasteiger partial charge >= 0.3 is 0 Å². The molecule has 168 valence electrons. The third kappa shape index (κ3) is 4.43. The molecule has 0 bridgehead atoms. The molecular weight excluding hydrogens is 524 g/mol. The van der Waals surface area contributed by atoms with Crippen molar-refractivity contribution in [1.29, 1.82) is 0 Å². The van der Waals surface area contributed by atoms with E-state index in [0.717, 1.165) is 26.5 Å². The molecule has 1 saturated heterocycles. The molecule has 33 heavy (non-hydrogen) atoms. The minimum atomic E-state index is -3.64. The number of halogens is 1. The van der Waals surface area contributed by atoms with E-state index in [1.54, 1.807) is 29.2 Å². The second-order valence-corrected chi connectivity index (χ2v) is 11.2. The van der Waals surface area contributed by atoms with Gasteiger partial charge < -0.3 is 4.90 Å². The third-order valence-electron chi connectivity index (χ3n) is 5.73. The molecule has 0 N–H and O–H groups in total. The van der Waals surface area contributed by atoms with Gasteiger partial charge in [-0.1, -0.05) is 44.7 Å². The number of carbonyl (C=O) groups excluding carboxylic acids is 1. The van der Waals surface area contributed by atoms with E-state index in [1.807, 2.05) is 41.8 Å². The van der Waals surface area contributed by atoms with E-state index in [0.29, 0.717) is 18.7 Å². The Morgan fingerprint density at radius 2 is 1.61 bits per heavy atom. The Kier molecular flexibility index (Phi) is 6.00. The van der Waals surface area contributed by atoms with Crippen molar-refractivity contribution in [2.24, 2.45) is 0 Å². The molecule has 0 atom stereocenters. The van der Waals surface area contributed by atoms with Crippen molar-refractivity contribution < 1.29 is 13.2 Å². The second kappa shape index (κ2) is 8.94. The highest BCUT2D eigenvalue weighted by atomic mass is 79.9. The van der Waals surface area contributed by atoms with Crippen LogP contribution in [0.2, 0.25) is 0 Å². The monoisotopic (exact) mass is 542 g/mol. The zero-order valence-electron chi connectivity index (χ0n) is 17.4. The van der Waals surface area contributed by atoms with Crippen molar-refractivity contribution >= 4 is 54.2 Å². The summed E-state index contributed by atoms with van der Waals surface area (Å²) in [6.45, 7) is 1.21. The van der Waals surface area contributed by atoms with Gasteiger partial charge in [0.2, 0.25) is 10.0 Å². The first-order valence-electron chi connectivity index (χ1n) is 10.3. The fourth-order valence-corrected chi connectivity index (χ4v) is 6.19. The molecule has 0 saturated carbocycles. The molecule has 1 amide bonds. The predicted molar refractivity (Wildman–Crippen MR) is 132 cm³/mol. The number of rotatable bonds is 4. The number of hydrogen-bond acceptors (Lipinski definition) is 6. The number of carbonyl (C=O) groups is 1. The zero-order chi connectivity index (χ0) is 23.0. The number of benzene rings is 3. The van der Waals surface area contributed by atoms with Crippen LogP contribution in [0, 0.1) is 0 Å². The lowest BCUT2D eigenvalue weighted by Gasteiger charge is -2.34. The van der Waals surface area contributed by atoms with E-state index < -0.39 is 10.0 Å². The summed E-state index contributed by atoms with van der Waals surface area (Å²) in [6.07, 6.45) is 0. The Balaban J connectivity index is 1.27. The van der Waals surface area contributed by atoms with E-state index in [2.05, 4.69) is 25.5 Å². The van der Waals surface area contributed by atoms with E-state index in [9.17, 15) is 13.2 Å². The summed E-state index contributed by atoms with van der Waals surface area (Å²) in [5.74, 6) is -0.105. The molecule has 1 aromatic heterocycles. The maximum atomic E-state index is 13.2. The molecule has 0 unspecified atom stereocenters. The number of amides is 1. The van der Waals surface area contributed by atoms with Crippen LogP contribution < -0.4 is 0 Å². The van der Waals surface area contributed by atoms with E-state index >= 15 is 0 Å². The van der Waals surface area contributed by atoms with Crippen LogP contribution in [0.15, 0.2) is 75.4 Å². The Hall–Kier alpha value is -2.66. The highest BCUT2D eigenvalue weighted by molar-refractivity contribution is 9.10. The first kappa shape index (κ1) is 22.1. The first-order valence-corrected chi connectivity index (χ1v) is 13.3. The maximum absolute atomic E-state index is 13.2. The van der Waals surface area contributed by atoms with Gasteiger partial charge in [-0.2, -0.15) is 4.31 Å². The van der Waals surface area contributed by atoms with Crippen molar-refractivity contribution in [3.8, 4) is 11.3 Å². The molecular formula is C23H19BrN4O3S2. The van der Waals surface area contributed by atoms with Crippen molar-refractivity contribution in [2.75, 3.05) is 26.2 Å². The van der Waals surface area contributed by atoms with Gasteiger partial charge in [0.05, 0.1) is 4.90 Å². The highest BCUT2D eigenvalue weighted by Crippen LogP contribution is 2.26. The summed E-state index contributed by atoms with van der Waals surface area (Å²) >= 11 is 4.71. The fraction of sp³-hybridized carbons (Fsp3) is 0.174. The molecule has 3 aromatic carbocycles. The average molecular weight is 543 g/mol. The van der Waals surface area contributed by atoms with Gasteiger partial charge in [0.25, 0.3) is 5.91 Å². The van der Waals surface area contributed by atoms with Gasteiger partial charge in [0.1, 0.15) is 5.69 Å². The van der Waals surface area contributed by atoms with Crippen LogP contribution in [0.4, 0.5) is 0 Å². The summed E-state index contributed by atoms with van der Waals surface area (Å²) in [6, 6.07) is 18.1. The lowest BCUT2D eigenvalue weighted by atomic mass is 10.1. The molecule has 1 fully saturated rings. The Morgan fingerprint density at radius 3 is 2.30 bits per heavy atom. The first-order chi connectivity index (χ1) is 15.9. The number of nitrogens with zero attached hydrogens (tertiary/aromatic N) is 4. The Morgan fingerprint density at radius 1 is 0.909 bits per heavy atom. The molecule has 0 radical (unpaired) electrons.